The summed E-state index contributed by atoms with van der Waals surface area (Å²) >= 11 is 0. The van der Waals surface area contributed by atoms with Gasteiger partial charge in [0.25, 0.3) is 0 Å². The zero-order valence-electron chi connectivity index (χ0n) is 14.1. The van der Waals surface area contributed by atoms with Gasteiger partial charge in [-0.05, 0) is 35.4 Å². The van der Waals surface area contributed by atoms with Gasteiger partial charge in [-0.2, -0.15) is 0 Å². The first kappa shape index (κ1) is 16.0. The summed E-state index contributed by atoms with van der Waals surface area (Å²) < 4.78 is 21.7. The molecule has 7 heteroatoms. The summed E-state index contributed by atoms with van der Waals surface area (Å²) in [5.74, 6) is 2.79. The molecule has 3 unspecified atom stereocenters. The first-order valence-corrected chi connectivity index (χ1v) is 8.09. The number of benzene rings is 2. The lowest BCUT2D eigenvalue weighted by atomic mass is 9.86. The van der Waals surface area contributed by atoms with Crippen molar-refractivity contribution in [1.29, 1.82) is 0 Å². The lowest BCUT2D eigenvalue weighted by Crippen LogP contribution is -2.38. The molecular formula is C18H21N3O4. The van der Waals surface area contributed by atoms with Crippen molar-refractivity contribution in [2.45, 2.75) is 18.1 Å². The van der Waals surface area contributed by atoms with Crippen LogP contribution in [0.25, 0.3) is 0 Å². The predicted molar refractivity (Wildman–Crippen MR) is 91.8 cm³/mol. The molecule has 4 rings (SSSR count). The molecule has 0 saturated carbocycles. The lowest BCUT2D eigenvalue weighted by Gasteiger charge is -2.23. The van der Waals surface area contributed by atoms with Crippen LogP contribution in [-0.2, 0) is 0 Å². The van der Waals surface area contributed by atoms with Gasteiger partial charge in [-0.15, -0.1) is 0 Å². The number of hydrogen-bond acceptors (Lipinski definition) is 7. The Morgan fingerprint density at radius 2 is 1.80 bits per heavy atom. The van der Waals surface area contributed by atoms with Crippen molar-refractivity contribution < 1.29 is 18.9 Å². The minimum Gasteiger partial charge on any atom is -0.497 e. The quantitative estimate of drug-likeness (QED) is 0.778. The van der Waals surface area contributed by atoms with Crippen LogP contribution < -0.4 is 35.5 Å². The second-order valence-electron chi connectivity index (χ2n) is 6.05. The molecule has 2 aliphatic rings. The van der Waals surface area contributed by atoms with Gasteiger partial charge in [-0.25, -0.2) is 10.9 Å². The van der Waals surface area contributed by atoms with Crippen LogP contribution in [0, 0.1) is 0 Å². The summed E-state index contributed by atoms with van der Waals surface area (Å²) in [5.41, 5.74) is 14.9. The molecule has 2 aromatic rings. The summed E-state index contributed by atoms with van der Waals surface area (Å²) in [6.45, 7) is 0.199. The first-order valence-electron chi connectivity index (χ1n) is 8.09. The van der Waals surface area contributed by atoms with Crippen molar-refractivity contribution in [1.82, 2.24) is 10.9 Å². The Morgan fingerprint density at radius 3 is 2.52 bits per heavy atom. The molecular weight excluding hydrogens is 322 g/mol. The molecule has 132 valence electrons. The fraction of sp³-hybridized carbons (Fsp3) is 0.333. The molecule has 4 N–H and O–H groups in total. The van der Waals surface area contributed by atoms with Crippen molar-refractivity contribution >= 4 is 0 Å². The van der Waals surface area contributed by atoms with Crippen LogP contribution >= 0.6 is 0 Å². The second kappa shape index (κ2) is 6.44. The fourth-order valence-corrected chi connectivity index (χ4v) is 3.42. The van der Waals surface area contributed by atoms with Crippen LogP contribution in [0.1, 0.15) is 23.1 Å². The number of fused-ring (bicyclic) bond motifs is 1. The Balaban J connectivity index is 1.71. The normalized spacial score (nSPS) is 24.4. The van der Waals surface area contributed by atoms with Crippen molar-refractivity contribution in [2.24, 2.45) is 5.73 Å². The second-order valence-corrected chi connectivity index (χ2v) is 6.05. The monoisotopic (exact) mass is 343 g/mol. The Labute approximate surface area is 146 Å². The zero-order chi connectivity index (χ0) is 17.4. The van der Waals surface area contributed by atoms with Gasteiger partial charge in [0.15, 0.2) is 11.5 Å². The van der Waals surface area contributed by atoms with E-state index in [0.717, 1.165) is 16.9 Å². The molecule has 0 bridgehead atoms. The van der Waals surface area contributed by atoms with E-state index in [1.807, 2.05) is 36.4 Å². The highest BCUT2D eigenvalue weighted by atomic mass is 16.7. The summed E-state index contributed by atoms with van der Waals surface area (Å²) in [6.07, 6.45) is -0.253. The van der Waals surface area contributed by atoms with E-state index >= 15 is 0 Å². The van der Waals surface area contributed by atoms with Crippen LogP contribution in [0.4, 0.5) is 0 Å². The van der Waals surface area contributed by atoms with Crippen LogP contribution in [-0.4, -0.2) is 27.2 Å². The molecule has 7 nitrogen and oxygen atoms in total. The fourth-order valence-electron chi connectivity index (χ4n) is 3.42. The largest absolute Gasteiger partial charge is 0.497 e. The number of methoxy groups -OCH3 is 2. The molecule has 0 spiro atoms. The zero-order valence-corrected chi connectivity index (χ0v) is 14.1. The smallest absolute Gasteiger partial charge is 0.231 e. The summed E-state index contributed by atoms with van der Waals surface area (Å²) in [5, 5.41) is 0. The molecule has 2 aromatic carbocycles. The molecule has 1 saturated heterocycles. The summed E-state index contributed by atoms with van der Waals surface area (Å²) in [4.78, 5) is 0. The van der Waals surface area contributed by atoms with Crippen molar-refractivity contribution in [2.75, 3.05) is 21.0 Å². The number of nitrogens with one attached hydrogen (secondary N) is 2. The molecule has 0 radical (unpaired) electrons. The number of hydrazine groups is 1. The van der Waals surface area contributed by atoms with Gasteiger partial charge in [-0.1, -0.05) is 12.1 Å². The number of nitrogens with two attached hydrogens (primary N) is 1. The first-order chi connectivity index (χ1) is 12.2. The van der Waals surface area contributed by atoms with Gasteiger partial charge in [0.05, 0.1) is 26.4 Å². The molecule has 3 atom stereocenters. The van der Waals surface area contributed by atoms with Crippen LogP contribution in [0.15, 0.2) is 36.4 Å². The van der Waals surface area contributed by atoms with Gasteiger partial charge in [0, 0.05) is 5.92 Å². The third kappa shape index (κ3) is 2.76. The minimum atomic E-state index is -0.253. The SMILES string of the molecule is COc1ccc(C2NNC(N)C2c2cc(OC)c3c(c2)OCO3)cc1. The maximum Gasteiger partial charge on any atom is 0.231 e. The third-order valence-corrected chi connectivity index (χ3v) is 4.69. The number of rotatable bonds is 4. The van der Waals surface area contributed by atoms with Gasteiger partial charge >= 0.3 is 0 Å². The molecule has 25 heavy (non-hydrogen) atoms. The van der Waals surface area contributed by atoms with E-state index in [1.54, 1.807) is 14.2 Å². The summed E-state index contributed by atoms with van der Waals surface area (Å²) in [7, 11) is 3.27. The average molecular weight is 343 g/mol. The highest BCUT2D eigenvalue weighted by Gasteiger charge is 2.37. The molecule has 0 aromatic heterocycles. The van der Waals surface area contributed by atoms with E-state index in [4.69, 9.17) is 24.7 Å². The van der Waals surface area contributed by atoms with Crippen LogP contribution in [0.3, 0.4) is 0 Å². The standard InChI is InChI=1S/C18H21N3O4/c1-22-12-5-3-10(4-6-12)16-15(18(19)21-20-16)11-7-13(23-2)17-14(8-11)24-9-25-17/h3-8,15-16,18,20-21H,9,19H2,1-2H3. The van der Waals surface area contributed by atoms with Crippen LogP contribution in [0.5, 0.6) is 23.0 Å². The van der Waals surface area contributed by atoms with E-state index in [9.17, 15) is 0 Å². The van der Waals surface area contributed by atoms with E-state index in [-0.39, 0.29) is 24.9 Å². The van der Waals surface area contributed by atoms with Gasteiger partial charge in [0.1, 0.15) is 5.75 Å². The summed E-state index contributed by atoms with van der Waals surface area (Å²) in [6, 6.07) is 11.9. The molecule has 2 heterocycles. The molecule has 0 amide bonds. The molecule has 1 fully saturated rings. The predicted octanol–water partition coefficient (Wildman–Crippen LogP) is 1.65. The third-order valence-electron chi connectivity index (χ3n) is 4.69. The van der Waals surface area contributed by atoms with Crippen LogP contribution in [0.2, 0.25) is 0 Å². The van der Waals surface area contributed by atoms with Gasteiger partial charge < -0.3 is 24.7 Å². The van der Waals surface area contributed by atoms with Gasteiger partial charge in [0.2, 0.25) is 12.5 Å². The maximum absolute atomic E-state index is 6.32. The van der Waals surface area contributed by atoms with E-state index in [1.165, 1.54) is 0 Å². The molecule has 2 aliphatic heterocycles. The van der Waals surface area contributed by atoms with Gasteiger partial charge in [-0.3, -0.25) is 0 Å². The Hall–Kier alpha value is -2.48. The molecule has 0 aliphatic carbocycles. The number of hydrogen-bond donors (Lipinski definition) is 3. The Kier molecular flexibility index (Phi) is 4.12. The highest BCUT2D eigenvalue weighted by Crippen LogP contribution is 2.46. The highest BCUT2D eigenvalue weighted by molar-refractivity contribution is 5.56. The van der Waals surface area contributed by atoms with Crippen molar-refractivity contribution in [3.05, 3.63) is 47.5 Å². The lowest BCUT2D eigenvalue weighted by molar-refractivity contribution is 0.171. The van der Waals surface area contributed by atoms with E-state index in [2.05, 4.69) is 10.9 Å². The van der Waals surface area contributed by atoms with Crippen molar-refractivity contribution in [3.8, 4) is 23.0 Å². The Morgan fingerprint density at radius 1 is 1.00 bits per heavy atom. The maximum atomic E-state index is 6.32. The van der Waals surface area contributed by atoms with E-state index in [0.29, 0.717) is 17.2 Å². The van der Waals surface area contributed by atoms with E-state index < -0.39 is 0 Å². The topological polar surface area (TPSA) is 87.0 Å². The van der Waals surface area contributed by atoms with Crippen molar-refractivity contribution in [3.63, 3.8) is 0 Å². The average Bonchev–Trinajstić information content (AvgIpc) is 3.27. The number of ether oxygens (including phenoxy) is 4. The minimum absolute atomic E-state index is 0.00297. The Bertz CT molecular complexity index is 766.